The topological polar surface area (TPSA) is 72.2 Å². The molecule has 1 aromatic carbocycles. The average molecular weight is 496 g/mol. The number of pyridine rings is 1. The van der Waals surface area contributed by atoms with Crippen LogP contribution in [0.25, 0.3) is 0 Å². The van der Waals surface area contributed by atoms with E-state index in [9.17, 15) is 10.1 Å². The van der Waals surface area contributed by atoms with Crippen molar-refractivity contribution in [3.8, 4) is 17.7 Å². The monoisotopic (exact) mass is 494 g/mol. The summed E-state index contributed by atoms with van der Waals surface area (Å²) in [6.07, 6.45) is 0.459. The maximum absolute atomic E-state index is 13.1. The van der Waals surface area contributed by atoms with E-state index in [2.05, 4.69) is 4.98 Å². The highest BCUT2D eigenvalue weighted by atomic mass is 35.5. The summed E-state index contributed by atoms with van der Waals surface area (Å²) in [5, 5.41) is 10.3. The number of nitriles is 1. The van der Waals surface area contributed by atoms with E-state index in [0.717, 1.165) is 0 Å². The molecule has 0 N–H and O–H groups in total. The van der Waals surface area contributed by atoms with Gasteiger partial charge in [-0.3, -0.25) is 4.79 Å². The largest absolute Gasteiger partial charge is 0.440 e. The number of ether oxygens (including phenoxy) is 2. The van der Waals surface area contributed by atoms with Gasteiger partial charge in [-0.05, 0) is 54.2 Å². The smallest absolute Gasteiger partial charge is 0.311 e. The maximum Gasteiger partial charge on any atom is 0.311 e. The van der Waals surface area contributed by atoms with Crippen LogP contribution in [-0.2, 0) is 9.53 Å². The lowest BCUT2D eigenvalue weighted by Crippen LogP contribution is -2.33. The predicted molar refractivity (Wildman–Crippen MR) is 127 cm³/mol. The molecule has 0 fully saturated rings. The van der Waals surface area contributed by atoms with E-state index in [1.165, 1.54) is 0 Å². The Morgan fingerprint density at radius 3 is 2.25 bits per heavy atom. The number of rotatable bonds is 9. The van der Waals surface area contributed by atoms with Crippen molar-refractivity contribution in [1.82, 2.24) is 4.98 Å². The third-order valence-electron chi connectivity index (χ3n) is 4.89. The first-order valence-corrected chi connectivity index (χ1v) is 11.3. The van der Waals surface area contributed by atoms with E-state index in [1.807, 2.05) is 33.8 Å². The minimum Gasteiger partial charge on any atom is -0.440 e. The molecule has 0 saturated carbocycles. The fraction of sp³-hybridized carbons (Fsp3) is 0.375. The Morgan fingerprint density at radius 2 is 1.72 bits per heavy atom. The molecule has 2 rings (SSSR count). The minimum atomic E-state index is -1.19. The number of benzene rings is 1. The maximum atomic E-state index is 13.1. The van der Waals surface area contributed by atoms with E-state index in [1.54, 1.807) is 48.5 Å². The zero-order valence-electron chi connectivity index (χ0n) is 18.3. The lowest BCUT2D eigenvalue weighted by atomic mass is 9.77. The highest BCUT2D eigenvalue weighted by Gasteiger charge is 2.35. The normalized spacial score (nSPS) is 13.8. The number of allylic oxidation sites excluding steroid dienone is 1. The molecule has 0 bridgehead atoms. The molecular formula is C24H25Cl3N2O3. The molecule has 0 amide bonds. The molecule has 0 aliphatic carbocycles. The number of hydrogen-bond donors (Lipinski definition) is 0. The molecule has 0 aliphatic heterocycles. The van der Waals surface area contributed by atoms with E-state index < -0.39 is 18.0 Å². The fourth-order valence-corrected chi connectivity index (χ4v) is 3.75. The van der Waals surface area contributed by atoms with Crippen LogP contribution >= 0.6 is 34.8 Å². The molecular weight excluding hydrogens is 471 g/mol. The number of carbonyl (C=O) groups excluding carboxylic acids is 1. The van der Waals surface area contributed by atoms with Gasteiger partial charge >= 0.3 is 5.97 Å². The quantitative estimate of drug-likeness (QED) is 0.337. The molecule has 1 heterocycles. The van der Waals surface area contributed by atoms with Crippen LogP contribution in [0.2, 0.25) is 5.02 Å². The number of hydrogen-bond acceptors (Lipinski definition) is 5. The van der Waals surface area contributed by atoms with Crippen molar-refractivity contribution in [2.45, 2.75) is 33.8 Å². The molecule has 5 nitrogen and oxygen atoms in total. The van der Waals surface area contributed by atoms with Crippen LogP contribution in [0.1, 0.15) is 39.5 Å². The molecule has 2 aromatic rings. The zero-order valence-corrected chi connectivity index (χ0v) is 20.5. The zero-order chi connectivity index (χ0) is 23.8. The van der Waals surface area contributed by atoms with Gasteiger partial charge in [0.1, 0.15) is 16.3 Å². The third-order valence-corrected chi connectivity index (χ3v) is 5.40. The van der Waals surface area contributed by atoms with Crippen LogP contribution in [-0.4, -0.2) is 11.0 Å². The molecule has 32 heavy (non-hydrogen) atoms. The van der Waals surface area contributed by atoms with Crippen molar-refractivity contribution in [2.75, 3.05) is 0 Å². The second-order valence-corrected chi connectivity index (χ2v) is 9.39. The average Bonchev–Trinajstić information content (AvgIpc) is 2.72. The van der Waals surface area contributed by atoms with Crippen molar-refractivity contribution in [2.24, 2.45) is 23.7 Å². The van der Waals surface area contributed by atoms with Crippen molar-refractivity contribution < 1.29 is 14.3 Å². The standard InChI is InChI=1S/C24H25Cl3N2O3/c1-14(2)18(12-21(26)27)23(15(3)4)24(30)32-20(13-28)19-6-5-7-22(29-19)31-17-10-8-16(25)9-11-17/h5-12,14-15,18,20,23H,1-4H3. The lowest BCUT2D eigenvalue weighted by Gasteiger charge is -2.29. The summed E-state index contributed by atoms with van der Waals surface area (Å²) in [6.45, 7) is 7.78. The summed E-state index contributed by atoms with van der Waals surface area (Å²) in [5.41, 5.74) is 0.266. The van der Waals surface area contributed by atoms with Crippen LogP contribution in [0.5, 0.6) is 11.6 Å². The Labute approximate surface area is 203 Å². The van der Waals surface area contributed by atoms with Gasteiger partial charge in [0.15, 0.2) is 0 Å². The molecule has 0 aliphatic rings. The summed E-state index contributed by atoms with van der Waals surface area (Å²) in [6, 6.07) is 13.7. The van der Waals surface area contributed by atoms with Crippen molar-refractivity contribution in [1.29, 1.82) is 5.26 Å². The predicted octanol–water partition coefficient (Wildman–Crippen LogP) is 7.50. The van der Waals surface area contributed by atoms with Gasteiger partial charge in [-0.15, -0.1) is 0 Å². The number of esters is 1. The van der Waals surface area contributed by atoms with Crippen LogP contribution in [0.3, 0.4) is 0 Å². The van der Waals surface area contributed by atoms with Crippen molar-refractivity contribution in [3.63, 3.8) is 0 Å². The van der Waals surface area contributed by atoms with Crippen LogP contribution in [0.15, 0.2) is 53.0 Å². The molecule has 0 saturated heterocycles. The summed E-state index contributed by atoms with van der Waals surface area (Å²) >= 11 is 17.7. The Kier molecular flexibility index (Phi) is 9.84. The Hall–Kier alpha value is -2.26. The Bertz CT molecular complexity index is 981. The van der Waals surface area contributed by atoms with Gasteiger partial charge in [-0.25, -0.2) is 4.98 Å². The van der Waals surface area contributed by atoms with Gasteiger partial charge in [0.05, 0.1) is 11.6 Å². The molecule has 1 aromatic heterocycles. The van der Waals surface area contributed by atoms with Gasteiger partial charge < -0.3 is 9.47 Å². The summed E-state index contributed by atoms with van der Waals surface area (Å²) in [7, 11) is 0. The van der Waals surface area contributed by atoms with Gasteiger partial charge in [0.25, 0.3) is 0 Å². The second-order valence-electron chi connectivity index (χ2n) is 7.95. The van der Waals surface area contributed by atoms with Gasteiger partial charge in [-0.1, -0.05) is 68.6 Å². The second kappa shape index (κ2) is 12.1. The van der Waals surface area contributed by atoms with Gasteiger partial charge in [-0.2, -0.15) is 5.26 Å². The first kappa shape index (κ1) is 26.0. The lowest BCUT2D eigenvalue weighted by molar-refractivity contribution is -0.156. The van der Waals surface area contributed by atoms with E-state index in [4.69, 9.17) is 44.3 Å². The fourth-order valence-electron chi connectivity index (χ4n) is 3.33. The van der Waals surface area contributed by atoms with Gasteiger partial charge in [0, 0.05) is 11.1 Å². The van der Waals surface area contributed by atoms with E-state index in [0.29, 0.717) is 10.8 Å². The molecule has 3 atom stereocenters. The molecule has 170 valence electrons. The number of carbonyl (C=O) groups is 1. The first-order chi connectivity index (χ1) is 15.1. The van der Waals surface area contributed by atoms with E-state index in [-0.39, 0.29) is 33.8 Å². The van der Waals surface area contributed by atoms with Crippen LogP contribution in [0, 0.1) is 35.0 Å². The summed E-state index contributed by atoms with van der Waals surface area (Å²) < 4.78 is 11.4. The first-order valence-electron chi connectivity index (χ1n) is 10.2. The third kappa shape index (κ3) is 7.41. The highest BCUT2D eigenvalue weighted by molar-refractivity contribution is 6.55. The summed E-state index contributed by atoms with van der Waals surface area (Å²) in [4.78, 5) is 17.4. The van der Waals surface area contributed by atoms with Crippen LogP contribution in [0.4, 0.5) is 0 Å². The van der Waals surface area contributed by atoms with E-state index >= 15 is 0 Å². The number of nitrogens with zero attached hydrogens (tertiary/aromatic N) is 2. The number of aromatic nitrogens is 1. The molecule has 0 spiro atoms. The highest BCUT2D eigenvalue weighted by Crippen LogP contribution is 2.33. The van der Waals surface area contributed by atoms with Crippen LogP contribution < -0.4 is 4.74 Å². The Morgan fingerprint density at radius 1 is 1.06 bits per heavy atom. The van der Waals surface area contributed by atoms with Crippen molar-refractivity contribution in [3.05, 3.63) is 63.7 Å². The Balaban J connectivity index is 2.24. The molecule has 0 radical (unpaired) electrons. The SMILES string of the molecule is CC(C)C(C=C(Cl)Cl)C(C(=O)OC(C#N)c1cccc(Oc2ccc(Cl)cc2)n1)C(C)C. The van der Waals surface area contributed by atoms with Crippen molar-refractivity contribution >= 4 is 40.8 Å². The molecule has 3 unspecified atom stereocenters. The molecule has 8 heteroatoms. The number of halogens is 3. The minimum absolute atomic E-state index is 0.0642. The van der Waals surface area contributed by atoms with Gasteiger partial charge in [0.2, 0.25) is 12.0 Å². The summed E-state index contributed by atoms with van der Waals surface area (Å²) in [5.74, 6) is -0.483.